The van der Waals surface area contributed by atoms with Crippen LogP contribution in [-0.2, 0) is 13.6 Å². The number of hydrogen-bond acceptors (Lipinski definition) is 4. The Labute approximate surface area is 180 Å². The van der Waals surface area contributed by atoms with E-state index in [1.165, 1.54) is 29.5 Å². The van der Waals surface area contributed by atoms with Gasteiger partial charge in [-0.2, -0.15) is 0 Å². The molecule has 1 N–H and O–H groups in total. The number of hydrogen-bond donors (Lipinski definition) is 1. The Bertz CT molecular complexity index is 1210. The number of H-pyrrole nitrogens is 1. The van der Waals surface area contributed by atoms with Gasteiger partial charge in [-0.15, -0.1) is 0 Å². The molecule has 1 amide bonds. The number of fused-ring (bicyclic) bond motifs is 1. The molecule has 30 heavy (non-hydrogen) atoms. The van der Waals surface area contributed by atoms with E-state index in [1.54, 1.807) is 30.1 Å². The van der Waals surface area contributed by atoms with Crippen LogP contribution in [0.5, 0.6) is 0 Å². The van der Waals surface area contributed by atoms with E-state index >= 15 is 0 Å². The Hall–Kier alpha value is -2.93. The molecule has 4 rings (SSSR count). The first kappa shape index (κ1) is 20.3. The molecule has 156 valence electrons. The first-order valence-electron chi connectivity index (χ1n) is 10.3. The van der Waals surface area contributed by atoms with E-state index in [0.717, 1.165) is 18.7 Å². The molecule has 1 saturated heterocycles. The summed E-state index contributed by atoms with van der Waals surface area (Å²) in [6, 6.07) is 13.4. The normalized spacial score (nSPS) is 14.1. The highest BCUT2D eigenvalue weighted by Gasteiger charge is 2.18. The third-order valence-corrected chi connectivity index (χ3v) is 6.17. The Morgan fingerprint density at radius 3 is 2.63 bits per heavy atom. The number of benzene rings is 2. The summed E-state index contributed by atoms with van der Waals surface area (Å²) in [7, 11) is 3.44. The van der Waals surface area contributed by atoms with E-state index in [0.29, 0.717) is 27.8 Å². The Morgan fingerprint density at radius 2 is 1.87 bits per heavy atom. The van der Waals surface area contributed by atoms with E-state index in [1.807, 2.05) is 13.1 Å². The van der Waals surface area contributed by atoms with Crippen LogP contribution in [0, 0.1) is 4.77 Å². The molecule has 0 saturated carbocycles. The summed E-state index contributed by atoms with van der Waals surface area (Å²) in [5.41, 5.74) is 3.29. The SMILES string of the molecule is CN(Cc1ccccc1N1CCCCC1)C(=O)c1ccc2c(=O)n(C)c(=S)[nH]c2c1. The van der Waals surface area contributed by atoms with Crippen molar-refractivity contribution in [1.29, 1.82) is 0 Å². The van der Waals surface area contributed by atoms with Gasteiger partial charge in [-0.05, 0) is 61.3 Å². The van der Waals surface area contributed by atoms with Crippen molar-refractivity contribution in [2.45, 2.75) is 25.8 Å². The molecule has 3 aromatic rings. The van der Waals surface area contributed by atoms with Gasteiger partial charge >= 0.3 is 0 Å². The van der Waals surface area contributed by atoms with Crippen LogP contribution >= 0.6 is 12.2 Å². The van der Waals surface area contributed by atoms with Crippen LogP contribution in [0.4, 0.5) is 5.69 Å². The van der Waals surface area contributed by atoms with Gasteiger partial charge in [0.1, 0.15) is 0 Å². The predicted molar refractivity (Wildman–Crippen MR) is 123 cm³/mol. The van der Waals surface area contributed by atoms with Crippen molar-refractivity contribution < 1.29 is 4.79 Å². The first-order valence-corrected chi connectivity index (χ1v) is 10.7. The average Bonchev–Trinajstić information content (AvgIpc) is 2.77. The van der Waals surface area contributed by atoms with Gasteiger partial charge < -0.3 is 14.8 Å². The standard InChI is InChI=1S/C23H26N4O2S/c1-25(15-17-8-4-5-9-20(17)27-12-6-3-7-13-27)21(28)16-10-11-18-19(14-16)24-23(30)26(2)22(18)29/h4-5,8-11,14H,3,6-7,12-13,15H2,1-2H3,(H,24,30). The fourth-order valence-electron chi connectivity index (χ4n) is 4.07. The lowest BCUT2D eigenvalue weighted by molar-refractivity contribution is 0.0785. The maximum absolute atomic E-state index is 13.1. The van der Waals surface area contributed by atoms with Gasteiger partial charge in [0.15, 0.2) is 4.77 Å². The molecule has 0 aliphatic carbocycles. The van der Waals surface area contributed by atoms with Crippen molar-refractivity contribution in [3.8, 4) is 0 Å². The number of piperidine rings is 1. The molecule has 0 atom stereocenters. The molecule has 2 aromatic carbocycles. The molecule has 1 fully saturated rings. The third kappa shape index (κ3) is 3.89. The number of aromatic amines is 1. The number of carbonyl (C=O) groups excluding carboxylic acids is 1. The molecule has 1 aliphatic rings. The van der Waals surface area contributed by atoms with Crippen LogP contribution in [0.15, 0.2) is 47.3 Å². The predicted octanol–water partition coefficient (Wildman–Crippen LogP) is 3.86. The summed E-state index contributed by atoms with van der Waals surface area (Å²) in [6.07, 6.45) is 3.70. The lowest BCUT2D eigenvalue weighted by atomic mass is 10.1. The number of para-hydroxylation sites is 1. The highest BCUT2D eigenvalue weighted by molar-refractivity contribution is 7.71. The molecule has 0 radical (unpaired) electrons. The zero-order valence-electron chi connectivity index (χ0n) is 17.4. The second-order valence-corrected chi connectivity index (χ2v) is 8.28. The molecule has 6 nitrogen and oxygen atoms in total. The Balaban J connectivity index is 1.60. The maximum atomic E-state index is 13.1. The lowest BCUT2D eigenvalue weighted by Gasteiger charge is -2.31. The second kappa shape index (κ2) is 8.44. The monoisotopic (exact) mass is 422 g/mol. The summed E-state index contributed by atoms with van der Waals surface area (Å²) < 4.78 is 1.73. The fraction of sp³-hybridized carbons (Fsp3) is 0.348. The minimum absolute atomic E-state index is 0.0923. The van der Waals surface area contributed by atoms with E-state index in [4.69, 9.17) is 12.2 Å². The molecular weight excluding hydrogens is 396 g/mol. The van der Waals surface area contributed by atoms with E-state index in [9.17, 15) is 9.59 Å². The molecular formula is C23H26N4O2S. The molecule has 0 spiro atoms. The fourth-order valence-corrected chi connectivity index (χ4v) is 4.27. The van der Waals surface area contributed by atoms with Gasteiger partial charge in [0, 0.05) is 45.0 Å². The van der Waals surface area contributed by atoms with Crippen LogP contribution in [-0.4, -0.2) is 40.5 Å². The van der Waals surface area contributed by atoms with Gasteiger partial charge in [-0.25, -0.2) is 0 Å². The van der Waals surface area contributed by atoms with Gasteiger partial charge in [0.25, 0.3) is 11.5 Å². The molecule has 1 aliphatic heterocycles. The minimum atomic E-state index is -0.170. The minimum Gasteiger partial charge on any atom is -0.371 e. The zero-order valence-corrected chi connectivity index (χ0v) is 18.2. The highest BCUT2D eigenvalue weighted by Crippen LogP contribution is 2.25. The summed E-state index contributed by atoms with van der Waals surface area (Å²) in [4.78, 5) is 32.7. The largest absolute Gasteiger partial charge is 0.371 e. The van der Waals surface area contributed by atoms with Crippen molar-refractivity contribution in [2.75, 3.05) is 25.0 Å². The van der Waals surface area contributed by atoms with Gasteiger partial charge in [-0.1, -0.05) is 18.2 Å². The number of anilines is 1. The summed E-state index contributed by atoms with van der Waals surface area (Å²) in [6.45, 7) is 2.65. The van der Waals surface area contributed by atoms with Crippen molar-refractivity contribution in [3.63, 3.8) is 0 Å². The quantitative estimate of drug-likeness (QED) is 0.649. The number of rotatable bonds is 4. The number of carbonyl (C=O) groups is 1. The maximum Gasteiger partial charge on any atom is 0.261 e. The van der Waals surface area contributed by atoms with Crippen molar-refractivity contribution in [3.05, 3.63) is 68.7 Å². The van der Waals surface area contributed by atoms with Crippen molar-refractivity contribution in [1.82, 2.24) is 14.5 Å². The molecule has 1 aromatic heterocycles. The van der Waals surface area contributed by atoms with Gasteiger partial charge in [0.2, 0.25) is 0 Å². The number of amides is 1. The molecule has 0 unspecified atom stereocenters. The lowest BCUT2D eigenvalue weighted by Crippen LogP contribution is -2.32. The average molecular weight is 423 g/mol. The highest BCUT2D eigenvalue weighted by atomic mass is 32.1. The molecule has 7 heteroatoms. The van der Waals surface area contributed by atoms with Crippen molar-refractivity contribution in [2.24, 2.45) is 7.05 Å². The van der Waals surface area contributed by atoms with Crippen LogP contribution in [0.2, 0.25) is 0 Å². The number of nitrogens with one attached hydrogen (secondary N) is 1. The molecule has 0 bridgehead atoms. The summed E-state index contributed by atoms with van der Waals surface area (Å²) >= 11 is 5.20. The van der Waals surface area contributed by atoms with E-state index in [-0.39, 0.29) is 11.5 Å². The Morgan fingerprint density at radius 1 is 1.13 bits per heavy atom. The van der Waals surface area contributed by atoms with Crippen LogP contribution in [0.25, 0.3) is 10.9 Å². The van der Waals surface area contributed by atoms with Crippen LogP contribution in [0.3, 0.4) is 0 Å². The van der Waals surface area contributed by atoms with Crippen molar-refractivity contribution >= 4 is 34.7 Å². The zero-order chi connectivity index (χ0) is 21.3. The van der Waals surface area contributed by atoms with Gasteiger partial charge in [0.05, 0.1) is 10.9 Å². The molecule has 2 heterocycles. The first-order chi connectivity index (χ1) is 14.5. The van der Waals surface area contributed by atoms with E-state index < -0.39 is 0 Å². The van der Waals surface area contributed by atoms with Gasteiger partial charge in [-0.3, -0.25) is 14.2 Å². The topological polar surface area (TPSA) is 61.3 Å². The van der Waals surface area contributed by atoms with Crippen LogP contribution in [0.1, 0.15) is 35.2 Å². The van der Waals surface area contributed by atoms with Crippen LogP contribution < -0.4 is 10.5 Å². The Kier molecular flexibility index (Phi) is 5.72. The van der Waals surface area contributed by atoms with E-state index in [2.05, 4.69) is 28.1 Å². The summed E-state index contributed by atoms with van der Waals surface area (Å²) in [5.74, 6) is -0.0923. The smallest absolute Gasteiger partial charge is 0.261 e. The second-order valence-electron chi connectivity index (χ2n) is 7.89. The number of aromatic nitrogens is 2. The third-order valence-electron chi connectivity index (χ3n) is 5.79. The number of nitrogens with zero attached hydrogens (tertiary/aromatic N) is 3. The summed E-state index contributed by atoms with van der Waals surface area (Å²) in [5, 5.41) is 0.515.